The van der Waals surface area contributed by atoms with Crippen LogP contribution in [0.25, 0.3) is 11.3 Å². The molecule has 1 N–H and O–H groups in total. The van der Waals surface area contributed by atoms with E-state index in [0.717, 1.165) is 29.1 Å². The van der Waals surface area contributed by atoms with Gasteiger partial charge in [-0.3, -0.25) is 9.78 Å². The highest BCUT2D eigenvalue weighted by Crippen LogP contribution is 2.19. The fourth-order valence-electron chi connectivity index (χ4n) is 2.43. The molecule has 0 unspecified atom stereocenters. The van der Waals surface area contributed by atoms with E-state index >= 15 is 0 Å². The van der Waals surface area contributed by atoms with Crippen LogP contribution in [0.5, 0.6) is 0 Å². The zero-order chi connectivity index (χ0) is 17.6. The Morgan fingerprint density at radius 1 is 1.24 bits per heavy atom. The Labute approximate surface area is 151 Å². The Bertz CT molecular complexity index is 876. The van der Waals surface area contributed by atoms with Crippen molar-refractivity contribution in [2.45, 2.75) is 19.8 Å². The Balaban J connectivity index is 1.57. The van der Waals surface area contributed by atoms with Crippen LogP contribution in [0.3, 0.4) is 0 Å². The van der Waals surface area contributed by atoms with E-state index in [1.165, 1.54) is 0 Å². The SMILES string of the molecule is CCc1cc(-c2cc(CCNC(=O)c3cccc(Cl)c3)on2)ccn1. The molecule has 5 nitrogen and oxygen atoms in total. The maximum absolute atomic E-state index is 12.1. The molecule has 0 atom stereocenters. The van der Waals surface area contributed by atoms with Crippen LogP contribution in [0, 0.1) is 0 Å². The molecule has 2 heterocycles. The zero-order valence-electron chi connectivity index (χ0n) is 13.8. The van der Waals surface area contributed by atoms with Gasteiger partial charge in [0.05, 0.1) is 0 Å². The third-order valence-electron chi connectivity index (χ3n) is 3.78. The van der Waals surface area contributed by atoms with Crippen LogP contribution < -0.4 is 5.32 Å². The molecule has 0 saturated carbocycles. The molecule has 2 aromatic heterocycles. The fourth-order valence-corrected chi connectivity index (χ4v) is 2.62. The zero-order valence-corrected chi connectivity index (χ0v) is 14.6. The van der Waals surface area contributed by atoms with Gasteiger partial charge in [-0.1, -0.05) is 29.7 Å². The molecule has 0 aliphatic heterocycles. The second-order valence-corrected chi connectivity index (χ2v) is 6.02. The van der Waals surface area contributed by atoms with E-state index in [-0.39, 0.29) is 5.91 Å². The minimum absolute atomic E-state index is 0.163. The van der Waals surface area contributed by atoms with Crippen molar-refractivity contribution >= 4 is 17.5 Å². The number of carbonyl (C=O) groups excluding carboxylic acids is 1. The van der Waals surface area contributed by atoms with Gasteiger partial charge < -0.3 is 9.84 Å². The van der Waals surface area contributed by atoms with Gasteiger partial charge in [0.15, 0.2) is 0 Å². The summed E-state index contributed by atoms with van der Waals surface area (Å²) in [6.45, 7) is 2.51. The highest BCUT2D eigenvalue weighted by atomic mass is 35.5. The largest absolute Gasteiger partial charge is 0.361 e. The van der Waals surface area contributed by atoms with Crippen molar-refractivity contribution < 1.29 is 9.32 Å². The number of benzene rings is 1. The number of rotatable bonds is 6. The molecule has 0 aliphatic carbocycles. The van der Waals surface area contributed by atoms with E-state index in [9.17, 15) is 4.79 Å². The van der Waals surface area contributed by atoms with Crippen molar-refractivity contribution in [2.75, 3.05) is 6.54 Å². The van der Waals surface area contributed by atoms with Crippen molar-refractivity contribution in [3.05, 3.63) is 70.7 Å². The third kappa shape index (κ3) is 4.45. The standard InChI is InChI=1S/C19H18ClN3O2/c1-2-16-11-13(6-8-21-16)18-12-17(25-23-18)7-9-22-19(24)14-4-3-5-15(20)10-14/h3-6,8,10-12H,2,7,9H2,1H3,(H,22,24). The van der Waals surface area contributed by atoms with Gasteiger partial charge in [0.2, 0.25) is 0 Å². The van der Waals surface area contributed by atoms with E-state index in [1.54, 1.807) is 30.5 Å². The van der Waals surface area contributed by atoms with Crippen LogP contribution in [-0.2, 0) is 12.8 Å². The predicted octanol–water partition coefficient (Wildman–Crippen LogP) is 3.92. The Morgan fingerprint density at radius 2 is 2.12 bits per heavy atom. The first kappa shape index (κ1) is 17.2. The minimum Gasteiger partial charge on any atom is -0.361 e. The van der Waals surface area contributed by atoms with Crippen molar-refractivity contribution in [1.29, 1.82) is 0 Å². The van der Waals surface area contributed by atoms with Crippen LogP contribution in [0.1, 0.15) is 28.7 Å². The Morgan fingerprint density at radius 3 is 2.92 bits per heavy atom. The summed E-state index contributed by atoms with van der Waals surface area (Å²) in [5.41, 5.74) is 3.29. The van der Waals surface area contributed by atoms with E-state index in [1.807, 2.05) is 18.2 Å². The summed E-state index contributed by atoms with van der Waals surface area (Å²) >= 11 is 5.89. The quantitative estimate of drug-likeness (QED) is 0.727. The van der Waals surface area contributed by atoms with Crippen LogP contribution in [-0.4, -0.2) is 22.6 Å². The second-order valence-electron chi connectivity index (χ2n) is 5.58. The maximum atomic E-state index is 12.1. The molecule has 1 amide bonds. The second kappa shape index (κ2) is 7.94. The molecule has 25 heavy (non-hydrogen) atoms. The molecule has 0 spiro atoms. The molecule has 0 saturated heterocycles. The Hall–Kier alpha value is -2.66. The first-order chi connectivity index (χ1) is 12.2. The van der Waals surface area contributed by atoms with E-state index < -0.39 is 0 Å². The summed E-state index contributed by atoms with van der Waals surface area (Å²) in [5.74, 6) is 0.556. The molecule has 0 fully saturated rings. The molecule has 128 valence electrons. The van der Waals surface area contributed by atoms with E-state index in [0.29, 0.717) is 23.6 Å². The lowest BCUT2D eigenvalue weighted by molar-refractivity contribution is 0.0953. The van der Waals surface area contributed by atoms with Crippen LogP contribution >= 0.6 is 11.6 Å². The summed E-state index contributed by atoms with van der Waals surface area (Å²) in [6.07, 6.45) is 3.20. The predicted molar refractivity (Wildman–Crippen MR) is 96.6 cm³/mol. The molecule has 3 rings (SSSR count). The minimum atomic E-state index is -0.163. The number of pyridine rings is 1. The Kier molecular flexibility index (Phi) is 5.46. The van der Waals surface area contributed by atoms with Gasteiger partial charge in [-0.25, -0.2) is 0 Å². The lowest BCUT2D eigenvalue weighted by Crippen LogP contribution is -2.25. The van der Waals surface area contributed by atoms with Crippen LogP contribution in [0.2, 0.25) is 5.02 Å². The number of aryl methyl sites for hydroxylation is 1. The average Bonchev–Trinajstić information content (AvgIpc) is 3.10. The summed E-state index contributed by atoms with van der Waals surface area (Å²) in [7, 11) is 0. The molecular formula is C19H18ClN3O2. The number of carbonyl (C=O) groups is 1. The van der Waals surface area contributed by atoms with E-state index in [4.69, 9.17) is 16.1 Å². The average molecular weight is 356 g/mol. The molecule has 0 aliphatic rings. The van der Waals surface area contributed by atoms with Gasteiger partial charge >= 0.3 is 0 Å². The van der Waals surface area contributed by atoms with Crippen molar-refractivity contribution in [3.63, 3.8) is 0 Å². The highest BCUT2D eigenvalue weighted by Gasteiger charge is 2.09. The molecule has 1 aromatic carbocycles. The highest BCUT2D eigenvalue weighted by molar-refractivity contribution is 6.30. The van der Waals surface area contributed by atoms with Gasteiger partial charge in [0, 0.05) is 47.1 Å². The van der Waals surface area contributed by atoms with Crippen molar-refractivity contribution in [2.24, 2.45) is 0 Å². The molecule has 6 heteroatoms. The number of hydrogen-bond acceptors (Lipinski definition) is 4. The fraction of sp³-hybridized carbons (Fsp3) is 0.211. The molecule has 3 aromatic rings. The molecular weight excluding hydrogens is 338 g/mol. The monoisotopic (exact) mass is 355 g/mol. The smallest absolute Gasteiger partial charge is 0.251 e. The summed E-state index contributed by atoms with van der Waals surface area (Å²) < 4.78 is 5.36. The van der Waals surface area contributed by atoms with E-state index in [2.05, 4.69) is 22.4 Å². The first-order valence-corrected chi connectivity index (χ1v) is 8.48. The summed E-state index contributed by atoms with van der Waals surface area (Å²) in [4.78, 5) is 16.3. The van der Waals surface area contributed by atoms with Crippen molar-refractivity contribution in [3.8, 4) is 11.3 Å². The third-order valence-corrected chi connectivity index (χ3v) is 4.01. The molecule has 0 radical (unpaired) electrons. The number of aromatic nitrogens is 2. The van der Waals surface area contributed by atoms with Crippen molar-refractivity contribution in [1.82, 2.24) is 15.5 Å². The lowest BCUT2D eigenvalue weighted by atomic mass is 10.1. The van der Waals surface area contributed by atoms with Gasteiger partial charge in [-0.05, 0) is 36.8 Å². The van der Waals surface area contributed by atoms with Crippen LogP contribution in [0.15, 0.2) is 53.2 Å². The molecule has 0 bridgehead atoms. The van der Waals surface area contributed by atoms with Gasteiger partial charge in [0.1, 0.15) is 11.5 Å². The number of nitrogens with zero attached hydrogens (tertiary/aromatic N) is 2. The summed E-state index contributed by atoms with van der Waals surface area (Å²) in [5, 5.41) is 7.48. The number of nitrogens with one attached hydrogen (secondary N) is 1. The first-order valence-electron chi connectivity index (χ1n) is 8.10. The maximum Gasteiger partial charge on any atom is 0.251 e. The lowest BCUT2D eigenvalue weighted by Gasteiger charge is -2.03. The van der Waals surface area contributed by atoms with Gasteiger partial charge in [-0.2, -0.15) is 0 Å². The summed E-state index contributed by atoms with van der Waals surface area (Å²) in [6, 6.07) is 12.6. The topological polar surface area (TPSA) is 68.0 Å². The normalized spacial score (nSPS) is 10.6. The van der Waals surface area contributed by atoms with Gasteiger partial charge in [-0.15, -0.1) is 0 Å². The number of halogens is 1. The van der Waals surface area contributed by atoms with Gasteiger partial charge in [0.25, 0.3) is 5.91 Å². The number of hydrogen-bond donors (Lipinski definition) is 1. The number of amides is 1. The van der Waals surface area contributed by atoms with Crippen LogP contribution in [0.4, 0.5) is 0 Å².